The molecule has 7 heteroatoms. The third kappa shape index (κ3) is 2.82. The smallest absolute Gasteiger partial charge is 0.264 e. The number of piperidine rings is 1. The van der Waals surface area contributed by atoms with Gasteiger partial charge in [0.15, 0.2) is 0 Å². The molecule has 6 nitrogen and oxygen atoms in total. The minimum absolute atomic E-state index is 0.0378. The van der Waals surface area contributed by atoms with Gasteiger partial charge in [-0.2, -0.15) is 4.98 Å². The first kappa shape index (κ1) is 15.0. The molecule has 1 atom stereocenters. The van der Waals surface area contributed by atoms with E-state index in [9.17, 15) is 4.79 Å². The fraction of sp³-hybridized carbons (Fsp3) is 0.294. The molecule has 24 heavy (non-hydrogen) atoms. The maximum Gasteiger partial charge on any atom is 0.264 e. The zero-order chi connectivity index (χ0) is 16.4. The summed E-state index contributed by atoms with van der Waals surface area (Å²) in [6, 6.07) is 7.30. The van der Waals surface area contributed by atoms with Crippen LogP contribution in [-0.2, 0) is 0 Å². The maximum atomic E-state index is 12.8. The first-order valence-electron chi connectivity index (χ1n) is 7.91. The number of amides is 1. The monoisotopic (exact) mass is 340 g/mol. The average Bonchev–Trinajstić information content (AvgIpc) is 3.34. The maximum absolute atomic E-state index is 12.8. The molecule has 0 aliphatic carbocycles. The summed E-state index contributed by atoms with van der Waals surface area (Å²) in [5.41, 5.74) is 0.805. The molecule has 0 radical (unpaired) electrons. The number of pyridine rings is 1. The van der Waals surface area contributed by atoms with Crippen LogP contribution in [0.25, 0.3) is 11.4 Å². The Kier molecular flexibility index (Phi) is 4.08. The van der Waals surface area contributed by atoms with Gasteiger partial charge in [-0.15, -0.1) is 11.3 Å². The molecule has 1 aliphatic heterocycles. The first-order valence-corrected chi connectivity index (χ1v) is 8.79. The van der Waals surface area contributed by atoms with Crippen LogP contribution in [-0.4, -0.2) is 32.5 Å². The molecule has 4 rings (SSSR count). The third-order valence-electron chi connectivity index (χ3n) is 4.14. The lowest BCUT2D eigenvalue weighted by atomic mass is 10.0. The Balaban J connectivity index is 1.62. The fourth-order valence-corrected chi connectivity index (χ4v) is 3.63. The zero-order valence-corrected chi connectivity index (χ0v) is 13.8. The number of hydrogen-bond donors (Lipinski definition) is 0. The highest BCUT2D eigenvalue weighted by molar-refractivity contribution is 7.12. The van der Waals surface area contributed by atoms with E-state index in [1.165, 1.54) is 11.3 Å². The first-order chi connectivity index (χ1) is 11.8. The molecule has 0 bridgehead atoms. The van der Waals surface area contributed by atoms with Crippen molar-refractivity contribution in [3.63, 3.8) is 0 Å². The Morgan fingerprint density at radius 3 is 3.04 bits per heavy atom. The lowest BCUT2D eigenvalue weighted by Gasteiger charge is -2.33. The highest BCUT2D eigenvalue weighted by Crippen LogP contribution is 2.32. The Hall–Kier alpha value is -2.54. The van der Waals surface area contributed by atoms with E-state index in [2.05, 4.69) is 15.1 Å². The van der Waals surface area contributed by atoms with Crippen molar-refractivity contribution in [3.8, 4) is 11.4 Å². The van der Waals surface area contributed by atoms with Crippen molar-refractivity contribution in [1.82, 2.24) is 20.0 Å². The summed E-state index contributed by atoms with van der Waals surface area (Å²) >= 11 is 1.46. The van der Waals surface area contributed by atoms with E-state index in [0.29, 0.717) is 18.3 Å². The molecule has 1 saturated heterocycles. The Bertz CT molecular complexity index is 816. The molecule has 0 N–H and O–H groups in total. The standard InChI is InChI=1S/C17H16N4O2S/c22-17(14-7-4-10-24-14)21-9-2-1-6-13(21)16-19-15(20-23-16)12-5-3-8-18-11-12/h3-5,7-8,10-11,13H,1-2,6,9H2/t13-/m1/s1. The second-order valence-corrected chi connectivity index (χ2v) is 6.63. The molecule has 3 aromatic rings. The van der Waals surface area contributed by atoms with Gasteiger partial charge in [0.2, 0.25) is 11.7 Å². The Labute approximate surface area is 143 Å². The van der Waals surface area contributed by atoms with Gasteiger partial charge in [-0.25, -0.2) is 0 Å². The number of hydrogen-bond acceptors (Lipinski definition) is 6. The molecular weight excluding hydrogens is 324 g/mol. The van der Waals surface area contributed by atoms with E-state index in [1.54, 1.807) is 12.4 Å². The fourth-order valence-electron chi connectivity index (χ4n) is 2.96. The molecule has 0 aromatic carbocycles. The molecule has 0 saturated carbocycles. The van der Waals surface area contributed by atoms with Crippen molar-refractivity contribution in [2.75, 3.05) is 6.54 Å². The number of likely N-dealkylation sites (tertiary alicyclic amines) is 1. The SMILES string of the molecule is O=C(c1cccs1)N1CCCC[C@@H]1c1nc(-c2cccnc2)no1. The van der Waals surface area contributed by atoms with E-state index in [-0.39, 0.29) is 11.9 Å². The average molecular weight is 340 g/mol. The van der Waals surface area contributed by atoms with Crippen molar-refractivity contribution in [1.29, 1.82) is 0 Å². The second kappa shape index (κ2) is 6.52. The summed E-state index contributed by atoms with van der Waals surface area (Å²) in [7, 11) is 0. The molecule has 0 spiro atoms. The van der Waals surface area contributed by atoms with E-state index >= 15 is 0 Å². The third-order valence-corrected chi connectivity index (χ3v) is 5.00. The van der Waals surface area contributed by atoms with Crippen LogP contribution in [0, 0.1) is 0 Å². The number of thiophene rings is 1. The van der Waals surface area contributed by atoms with Crippen LogP contribution < -0.4 is 0 Å². The Morgan fingerprint density at radius 1 is 1.29 bits per heavy atom. The lowest BCUT2D eigenvalue weighted by molar-refractivity contribution is 0.0566. The van der Waals surface area contributed by atoms with Crippen LogP contribution in [0.4, 0.5) is 0 Å². The van der Waals surface area contributed by atoms with Crippen LogP contribution in [0.3, 0.4) is 0 Å². The number of rotatable bonds is 3. The molecule has 1 amide bonds. The molecule has 1 fully saturated rings. The van der Waals surface area contributed by atoms with Gasteiger partial charge in [-0.05, 0) is 42.8 Å². The molecule has 1 aliphatic rings. The van der Waals surface area contributed by atoms with Crippen LogP contribution in [0.5, 0.6) is 0 Å². The summed E-state index contributed by atoms with van der Waals surface area (Å²) in [6.07, 6.45) is 6.28. The van der Waals surface area contributed by atoms with E-state index in [4.69, 9.17) is 4.52 Å². The lowest BCUT2D eigenvalue weighted by Crippen LogP contribution is -2.38. The topological polar surface area (TPSA) is 72.1 Å². The van der Waals surface area contributed by atoms with Gasteiger partial charge in [0.25, 0.3) is 5.91 Å². The molecule has 3 aromatic heterocycles. The van der Waals surface area contributed by atoms with Crippen molar-refractivity contribution in [2.24, 2.45) is 0 Å². The largest absolute Gasteiger partial charge is 0.337 e. The van der Waals surface area contributed by atoms with Gasteiger partial charge in [0.1, 0.15) is 6.04 Å². The summed E-state index contributed by atoms with van der Waals surface area (Å²) < 4.78 is 5.48. The van der Waals surface area contributed by atoms with E-state index < -0.39 is 0 Å². The quantitative estimate of drug-likeness (QED) is 0.729. The Morgan fingerprint density at radius 2 is 2.25 bits per heavy atom. The van der Waals surface area contributed by atoms with Crippen LogP contribution >= 0.6 is 11.3 Å². The van der Waals surface area contributed by atoms with E-state index in [1.807, 2.05) is 34.5 Å². The minimum atomic E-state index is -0.161. The summed E-state index contributed by atoms with van der Waals surface area (Å²) in [6.45, 7) is 0.714. The number of nitrogens with zero attached hydrogens (tertiary/aromatic N) is 4. The predicted octanol–water partition coefficient (Wildman–Crippen LogP) is 3.56. The van der Waals surface area contributed by atoms with Crippen molar-refractivity contribution in [2.45, 2.75) is 25.3 Å². The van der Waals surface area contributed by atoms with Crippen molar-refractivity contribution < 1.29 is 9.32 Å². The van der Waals surface area contributed by atoms with Gasteiger partial charge in [-0.3, -0.25) is 9.78 Å². The normalized spacial score (nSPS) is 17.8. The zero-order valence-electron chi connectivity index (χ0n) is 13.0. The van der Waals surface area contributed by atoms with Crippen molar-refractivity contribution in [3.05, 3.63) is 52.8 Å². The summed E-state index contributed by atoms with van der Waals surface area (Å²) in [5, 5.41) is 5.97. The summed E-state index contributed by atoms with van der Waals surface area (Å²) in [5.74, 6) is 1.04. The number of carbonyl (C=O) groups is 1. The van der Waals surface area contributed by atoms with Gasteiger partial charge >= 0.3 is 0 Å². The number of carbonyl (C=O) groups excluding carboxylic acids is 1. The molecular formula is C17H16N4O2S. The summed E-state index contributed by atoms with van der Waals surface area (Å²) in [4.78, 5) is 23.9. The van der Waals surface area contributed by atoms with Crippen LogP contribution in [0.15, 0.2) is 46.6 Å². The van der Waals surface area contributed by atoms with Gasteiger partial charge in [-0.1, -0.05) is 11.2 Å². The predicted molar refractivity (Wildman–Crippen MR) is 89.5 cm³/mol. The van der Waals surface area contributed by atoms with Crippen molar-refractivity contribution >= 4 is 17.2 Å². The van der Waals surface area contributed by atoms with Gasteiger partial charge in [0.05, 0.1) is 4.88 Å². The molecule has 4 heterocycles. The van der Waals surface area contributed by atoms with Crippen LogP contribution in [0.2, 0.25) is 0 Å². The second-order valence-electron chi connectivity index (χ2n) is 5.69. The molecule has 122 valence electrons. The number of aromatic nitrogens is 3. The van der Waals surface area contributed by atoms with Gasteiger partial charge in [0, 0.05) is 24.5 Å². The molecule has 0 unspecified atom stereocenters. The van der Waals surface area contributed by atoms with E-state index in [0.717, 1.165) is 29.7 Å². The highest BCUT2D eigenvalue weighted by atomic mass is 32.1. The minimum Gasteiger partial charge on any atom is -0.337 e. The van der Waals surface area contributed by atoms with Crippen LogP contribution in [0.1, 0.15) is 40.9 Å². The highest BCUT2D eigenvalue weighted by Gasteiger charge is 2.33. The van der Waals surface area contributed by atoms with Gasteiger partial charge < -0.3 is 9.42 Å².